The molecular weight excluding hydrogens is 316 g/mol. The summed E-state index contributed by atoms with van der Waals surface area (Å²) >= 11 is 0. The molecule has 0 aliphatic heterocycles. The Hall–Kier alpha value is -2.82. The first-order valence-corrected chi connectivity index (χ1v) is 8.00. The van der Waals surface area contributed by atoms with Gasteiger partial charge in [0.1, 0.15) is 11.5 Å². The Balaban J connectivity index is 2.05. The smallest absolute Gasteiger partial charge is 0.271 e. The van der Waals surface area contributed by atoms with Gasteiger partial charge in [0, 0.05) is 17.2 Å². The van der Waals surface area contributed by atoms with E-state index in [0.717, 1.165) is 5.56 Å². The molecule has 1 amide bonds. The van der Waals surface area contributed by atoms with Crippen molar-refractivity contribution in [2.75, 3.05) is 14.2 Å². The highest BCUT2D eigenvalue weighted by molar-refractivity contribution is 5.95. The minimum absolute atomic E-state index is 0.0541. The summed E-state index contributed by atoms with van der Waals surface area (Å²) in [5.41, 5.74) is 5.09. The van der Waals surface area contributed by atoms with Crippen LogP contribution in [0.2, 0.25) is 0 Å². The average molecular weight is 340 g/mol. The molecule has 0 radical (unpaired) electrons. The van der Waals surface area contributed by atoms with E-state index in [1.165, 1.54) is 5.56 Å². The summed E-state index contributed by atoms with van der Waals surface area (Å²) < 4.78 is 10.4. The second kappa shape index (κ2) is 7.83. The fourth-order valence-electron chi connectivity index (χ4n) is 2.26. The van der Waals surface area contributed by atoms with E-state index >= 15 is 0 Å². The van der Waals surface area contributed by atoms with Crippen LogP contribution in [0.3, 0.4) is 0 Å². The number of carbonyl (C=O) groups is 1. The van der Waals surface area contributed by atoms with E-state index in [1.807, 2.05) is 12.1 Å². The van der Waals surface area contributed by atoms with E-state index in [-0.39, 0.29) is 11.3 Å². The van der Waals surface area contributed by atoms with Crippen molar-refractivity contribution in [1.29, 1.82) is 0 Å². The SMILES string of the molecule is COc1cc(/C=N/NC(=O)c2ccc(C(C)(C)C)cc2)cc(OC)c1. The van der Waals surface area contributed by atoms with Gasteiger partial charge in [-0.25, -0.2) is 5.43 Å². The number of benzene rings is 2. The number of amides is 1. The standard InChI is InChI=1S/C20H24N2O3/c1-20(2,3)16-8-6-15(7-9-16)19(23)22-21-13-14-10-17(24-4)12-18(11-14)25-5/h6-13H,1-5H3,(H,22,23)/b21-13+. The molecule has 0 aliphatic carbocycles. The van der Waals surface area contributed by atoms with Crippen molar-refractivity contribution in [3.05, 3.63) is 59.2 Å². The second-order valence-corrected chi connectivity index (χ2v) is 6.67. The van der Waals surface area contributed by atoms with Gasteiger partial charge in [-0.3, -0.25) is 4.79 Å². The van der Waals surface area contributed by atoms with Crippen LogP contribution >= 0.6 is 0 Å². The van der Waals surface area contributed by atoms with Crippen LogP contribution in [-0.2, 0) is 5.41 Å². The van der Waals surface area contributed by atoms with E-state index < -0.39 is 0 Å². The van der Waals surface area contributed by atoms with Gasteiger partial charge in [0.05, 0.1) is 20.4 Å². The van der Waals surface area contributed by atoms with E-state index in [9.17, 15) is 4.79 Å². The molecule has 0 unspecified atom stereocenters. The van der Waals surface area contributed by atoms with Gasteiger partial charge in [-0.2, -0.15) is 5.10 Å². The maximum absolute atomic E-state index is 12.2. The van der Waals surface area contributed by atoms with Crippen molar-refractivity contribution in [2.24, 2.45) is 5.10 Å². The monoisotopic (exact) mass is 340 g/mol. The quantitative estimate of drug-likeness (QED) is 0.666. The highest BCUT2D eigenvalue weighted by atomic mass is 16.5. The lowest BCUT2D eigenvalue weighted by atomic mass is 9.87. The third-order valence-corrected chi connectivity index (χ3v) is 3.77. The molecule has 0 fully saturated rings. The maximum Gasteiger partial charge on any atom is 0.271 e. The normalized spacial score (nSPS) is 11.4. The van der Waals surface area contributed by atoms with Crippen LogP contribution < -0.4 is 14.9 Å². The molecule has 0 spiro atoms. The molecule has 0 saturated heterocycles. The molecule has 2 aromatic rings. The Morgan fingerprint density at radius 3 is 2.04 bits per heavy atom. The molecular formula is C20H24N2O3. The van der Waals surface area contributed by atoms with Gasteiger partial charge in [-0.1, -0.05) is 32.9 Å². The van der Waals surface area contributed by atoms with Gasteiger partial charge in [-0.05, 0) is 35.2 Å². The molecule has 25 heavy (non-hydrogen) atoms. The molecule has 2 aromatic carbocycles. The number of hydrogen-bond donors (Lipinski definition) is 1. The van der Waals surface area contributed by atoms with E-state index in [2.05, 4.69) is 31.3 Å². The largest absolute Gasteiger partial charge is 0.497 e. The second-order valence-electron chi connectivity index (χ2n) is 6.67. The van der Waals surface area contributed by atoms with Crippen LogP contribution in [0.4, 0.5) is 0 Å². The first kappa shape index (κ1) is 18.5. The minimum atomic E-state index is -0.258. The lowest BCUT2D eigenvalue weighted by Gasteiger charge is -2.18. The van der Waals surface area contributed by atoms with Crippen LogP contribution in [0.25, 0.3) is 0 Å². The molecule has 5 heteroatoms. The van der Waals surface area contributed by atoms with Gasteiger partial charge in [0.25, 0.3) is 5.91 Å². The fourth-order valence-corrected chi connectivity index (χ4v) is 2.26. The van der Waals surface area contributed by atoms with Gasteiger partial charge in [0.15, 0.2) is 0 Å². The van der Waals surface area contributed by atoms with Gasteiger partial charge < -0.3 is 9.47 Å². The van der Waals surface area contributed by atoms with Crippen molar-refractivity contribution in [3.8, 4) is 11.5 Å². The van der Waals surface area contributed by atoms with Crippen LogP contribution in [0, 0.1) is 0 Å². The predicted octanol–water partition coefficient (Wildman–Crippen LogP) is 3.77. The molecule has 0 saturated carbocycles. The average Bonchev–Trinajstić information content (AvgIpc) is 2.60. The molecule has 0 heterocycles. The highest BCUT2D eigenvalue weighted by Gasteiger charge is 2.14. The van der Waals surface area contributed by atoms with Crippen LogP contribution in [0.15, 0.2) is 47.6 Å². The Morgan fingerprint density at radius 1 is 1.00 bits per heavy atom. The zero-order valence-electron chi connectivity index (χ0n) is 15.3. The summed E-state index contributed by atoms with van der Waals surface area (Å²) in [6.07, 6.45) is 1.55. The molecule has 2 rings (SSSR count). The number of ether oxygens (including phenoxy) is 2. The number of nitrogens with zero attached hydrogens (tertiary/aromatic N) is 1. The lowest BCUT2D eigenvalue weighted by molar-refractivity contribution is 0.0955. The summed E-state index contributed by atoms with van der Waals surface area (Å²) in [6.45, 7) is 6.40. The van der Waals surface area contributed by atoms with Gasteiger partial charge in [-0.15, -0.1) is 0 Å². The third kappa shape index (κ3) is 5.08. The summed E-state index contributed by atoms with van der Waals surface area (Å²) in [7, 11) is 3.16. The maximum atomic E-state index is 12.2. The van der Waals surface area contributed by atoms with E-state index in [1.54, 1.807) is 50.8 Å². The van der Waals surface area contributed by atoms with E-state index in [4.69, 9.17) is 9.47 Å². The van der Waals surface area contributed by atoms with Crippen molar-refractivity contribution in [3.63, 3.8) is 0 Å². The topological polar surface area (TPSA) is 59.9 Å². The van der Waals surface area contributed by atoms with Crippen molar-refractivity contribution >= 4 is 12.1 Å². The van der Waals surface area contributed by atoms with Crippen LogP contribution in [0.5, 0.6) is 11.5 Å². The Morgan fingerprint density at radius 2 is 1.56 bits per heavy atom. The van der Waals surface area contributed by atoms with Gasteiger partial charge in [0.2, 0.25) is 0 Å². The highest BCUT2D eigenvalue weighted by Crippen LogP contribution is 2.22. The summed E-state index contributed by atoms with van der Waals surface area (Å²) in [5.74, 6) is 1.06. The minimum Gasteiger partial charge on any atom is -0.497 e. The number of hydrazone groups is 1. The zero-order valence-corrected chi connectivity index (χ0v) is 15.3. The Kier molecular flexibility index (Phi) is 5.80. The molecule has 0 atom stereocenters. The first-order chi connectivity index (χ1) is 11.8. The Labute approximate surface area is 148 Å². The van der Waals surface area contributed by atoms with Crippen molar-refractivity contribution in [1.82, 2.24) is 5.43 Å². The number of carbonyl (C=O) groups excluding carboxylic acids is 1. The molecule has 132 valence electrons. The molecule has 5 nitrogen and oxygen atoms in total. The summed E-state index contributed by atoms with van der Waals surface area (Å²) in [5, 5.41) is 4.00. The zero-order chi connectivity index (χ0) is 18.4. The number of hydrogen-bond acceptors (Lipinski definition) is 4. The summed E-state index contributed by atoms with van der Waals surface area (Å²) in [4.78, 5) is 12.2. The van der Waals surface area contributed by atoms with Crippen molar-refractivity contribution < 1.29 is 14.3 Å². The van der Waals surface area contributed by atoms with Crippen LogP contribution in [0.1, 0.15) is 42.3 Å². The van der Waals surface area contributed by atoms with Crippen molar-refractivity contribution in [2.45, 2.75) is 26.2 Å². The molecule has 0 aliphatic rings. The number of methoxy groups -OCH3 is 2. The molecule has 0 aromatic heterocycles. The van der Waals surface area contributed by atoms with Gasteiger partial charge >= 0.3 is 0 Å². The fraction of sp³-hybridized carbons (Fsp3) is 0.300. The molecule has 1 N–H and O–H groups in total. The molecule has 0 bridgehead atoms. The Bertz CT molecular complexity index is 737. The van der Waals surface area contributed by atoms with Crippen LogP contribution in [-0.4, -0.2) is 26.3 Å². The summed E-state index contributed by atoms with van der Waals surface area (Å²) in [6, 6.07) is 12.9. The number of nitrogens with one attached hydrogen (secondary N) is 1. The predicted molar refractivity (Wildman–Crippen MR) is 99.7 cm³/mol. The lowest BCUT2D eigenvalue weighted by Crippen LogP contribution is -2.18. The third-order valence-electron chi connectivity index (χ3n) is 3.77. The first-order valence-electron chi connectivity index (χ1n) is 8.00. The van der Waals surface area contributed by atoms with E-state index in [0.29, 0.717) is 17.1 Å². The number of rotatable bonds is 5.